The van der Waals surface area contributed by atoms with Crippen molar-refractivity contribution >= 4 is 28.6 Å². The maximum absolute atomic E-state index is 13.2. The third kappa shape index (κ3) is 6.09. The van der Waals surface area contributed by atoms with Crippen LogP contribution in [0.5, 0.6) is 5.75 Å². The molecular weight excluding hydrogens is 473 g/mol. The monoisotopic (exact) mass is 499 g/mol. The number of carbonyl (C=O) groups is 3. The Hall–Kier alpha value is -4.16. The fraction of sp³-hybridized carbons (Fsp3) is 0.292. The molecule has 36 heavy (non-hydrogen) atoms. The maximum Gasteiger partial charge on any atom is 0.273 e. The summed E-state index contributed by atoms with van der Waals surface area (Å²) in [6, 6.07) is 5.87. The molecule has 190 valence electrons. The van der Waals surface area contributed by atoms with Gasteiger partial charge in [0.05, 0.1) is 12.7 Å². The summed E-state index contributed by atoms with van der Waals surface area (Å²) in [6.45, 7) is 0.830. The number of aliphatic hydroxyl groups excluding tert-OH is 2. The Morgan fingerprint density at radius 3 is 2.42 bits per heavy atom. The lowest BCUT2D eigenvalue weighted by molar-refractivity contribution is -0.120. The number of fused-ring (bicyclic) bond motifs is 1. The molecular formula is C24H26FN5O6. The molecule has 0 bridgehead atoms. The Labute approximate surface area is 205 Å². The van der Waals surface area contributed by atoms with Crippen molar-refractivity contribution in [2.75, 3.05) is 13.2 Å². The molecule has 12 heteroatoms. The first kappa shape index (κ1) is 26.4. The topological polar surface area (TPSA) is 188 Å². The van der Waals surface area contributed by atoms with Gasteiger partial charge < -0.3 is 31.7 Å². The van der Waals surface area contributed by atoms with Crippen LogP contribution >= 0.6 is 0 Å². The smallest absolute Gasteiger partial charge is 0.273 e. The number of nitrogens with two attached hydrogens (primary N) is 1. The van der Waals surface area contributed by atoms with Gasteiger partial charge in [0.15, 0.2) is 11.4 Å². The van der Waals surface area contributed by atoms with Crippen molar-refractivity contribution in [2.45, 2.75) is 31.9 Å². The second-order valence-electron chi connectivity index (χ2n) is 8.08. The summed E-state index contributed by atoms with van der Waals surface area (Å²) in [7, 11) is 0. The lowest BCUT2D eigenvalue weighted by Crippen LogP contribution is -2.47. The van der Waals surface area contributed by atoms with Gasteiger partial charge in [-0.1, -0.05) is 19.1 Å². The number of rotatable bonds is 10. The van der Waals surface area contributed by atoms with Gasteiger partial charge in [-0.2, -0.15) is 0 Å². The fourth-order valence-corrected chi connectivity index (χ4v) is 3.35. The van der Waals surface area contributed by atoms with Crippen LogP contribution in [0.15, 0.2) is 36.5 Å². The number of aliphatic hydroxyl groups is 2. The minimum Gasteiger partial charge on any atom is -0.504 e. The molecule has 0 saturated heterocycles. The second-order valence-corrected chi connectivity index (χ2v) is 8.08. The van der Waals surface area contributed by atoms with Crippen LogP contribution in [0.1, 0.15) is 45.4 Å². The highest BCUT2D eigenvalue weighted by Crippen LogP contribution is 2.29. The number of hydrogen-bond donors (Lipinski definition) is 6. The SMILES string of the molecule is CCC(O)CNC(=O)c1nc(C(=O)N[C@@H](CO)C(N)=O)c2cc(Cc3ccc(F)cc3)cnc2c1O. The lowest BCUT2D eigenvalue weighted by Gasteiger charge is -2.16. The summed E-state index contributed by atoms with van der Waals surface area (Å²) in [5.41, 5.74) is 5.54. The maximum atomic E-state index is 13.2. The van der Waals surface area contributed by atoms with Crippen LogP contribution in [0.3, 0.4) is 0 Å². The number of aromatic nitrogens is 2. The standard InChI is InChI=1S/C24H26FN5O6/c1-2-15(32)10-28-23(35)20-21(33)18-16(19(30-20)24(36)29-17(11-31)22(26)34)8-13(9-27-18)7-12-3-5-14(25)6-4-12/h3-6,8-9,15,17,31-33H,2,7,10-11H2,1H3,(H2,26,34)(H,28,35)(H,29,36)/t15?,17-/m0/s1. The number of hydrogen-bond acceptors (Lipinski definition) is 8. The molecule has 0 spiro atoms. The van der Waals surface area contributed by atoms with E-state index in [4.69, 9.17) is 5.73 Å². The van der Waals surface area contributed by atoms with Crippen molar-refractivity contribution in [3.8, 4) is 5.75 Å². The van der Waals surface area contributed by atoms with E-state index >= 15 is 0 Å². The zero-order chi connectivity index (χ0) is 26.4. The number of aromatic hydroxyl groups is 1. The third-order valence-corrected chi connectivity index (χ3v) is 5.42. The molecule has 1 unspecified atom stereocenters. The number of amides is 3. The van der Waals surface area contributed by atoms with Gasteiger partial charge >= 0.3 is 0 Å². The van der Waals surface area contributed by atoms with E-state index in [-0.39, 0.29) is 23.1 Å². The van der Waals surface area contributed by atoms with Gasteiger partial charge in [-0.25, -0.2) is 9.37 Å². The Morgan fingerprint density at radius 2 is 1.81 bits per heavy atom. The molecule has 2 heterocycles. The van der Waals surface area contributed by atoms with Crippen LogP contribution in [0.2, 0.25) is 0 Å². The van der Waals surface area contributed by atoms with Gasteiger partial charge in [0.1, 0.15) is 23.1 Å². The van der Waals surface area contributed by atoms with E-state index < -0.39 is 53.7 Å². The molecule has 2 aromatic heterocycles. The zero-order valence-electron chi connectivity index (χ0n) is 19.4. The molecule has 0 aliphatic heterocycles. The highest BCUT2D eigenvalue weighted by molar-refractivity contribution is 6.10. The van der Waals surface area contributed by atoms with Crippen molar-refractivity contribution < 1.29 is 34.1 Å². The predicted molar refractivity (Wildman–Crippen MR) is 127 cm³/mol. The molecule has 3 aromatic rings. The van der Waals surface area contributed by atoms with Crippen LogP contribution in [0.4, 0.5) is 4.39 Å². The van der Waals surface area contributed by atoms with Gasteiger partial charge in [0.2, 0.25) is 5.91 Å². The molecule has 0 aliphatic rings. The van der Waals surface area contributed by atoms with Crippen LogP contribution in [-0.4, -0.2) is 68.3 Å². The van der Waals surface area contributed by atoms with Crippen LogP contribution < -0.4 is 16.4 Å². The third-order valence-electron chi connectivity index (χ3n) is 5.42. The summed E-state index contributed by atoms with van der Waals surface area (Å²) in [6.07, 6.45) is 1.28. The minimum atomic E-state index is -1.42. The molecule has 7 N–H and O–H groups in total. The molecule has 0 fully saturated rings. The number of nitrogens with zero attached hydrogens (tertiary/aromatic N) is 2. The van der Waals surface area contributed by atoms with Gasteiger partial charge in [-0.15, -0.1) is 0 Å². The van der Waals surface area contributed by atoms with Crippen LogP contribution in [0.25, 0.3) is 10.9 Å². The van der Waals surface area contributed by atoms with Crippen molar-refractivity contribution in [1.82, 2.24) is 20.6 Å². The number of halogens is 1. The molecule has 0 radical (unpaired) electrons. The van der Waals surface area contributed by atoms with E-state index in [9.17, 15) is 34.1 Å². The number of pyridine rings is 2. The average molecular weight is 499 g/mol. The first-order valence-corrected chi connectivity index (χ1v) is 11.1. The van der Waals surface area contributed by atoms with Crippen molar-refractivity contribution in [1.29, 1.82) is 0 Å². The number of benzene rings is 1. The fourth-order valence-electron chi connectivity index (χ4n) is 3.35. The normalized spacial score (nSPS) is 12.7. The van der Waals surface area contributed by atoms with Crippen LogP contribution in [0, 0.1) is 5.82 Å². The van der Waals surface area contributed by atoms with Crippen molar-refractivity contribution in [2.24, 2.45) is 5.73 Å². The molecule has 3 amide bonds. The Kier molecular flexibility index (Phi) is 8.46. The molecule has 2 atom stereocenters. The molecule has 0 saturated carbocycles. The Bertz CT molecular complexity index is 1280. The van der Waals surface area contributed by atoms with E-state index in [0.29, 0.717) is 18.4 Å². The quantitative estimate of drug-likeness (QED) is 0.227. The predicted octanol–water partition coefficient (Wildman–Crippen LogP) is 0.142. The highest BCUT2D eigenvalue weighted by Gasteiger charge is 2.26. The molecule has 0 aliphatic carbocycles. The van der Waals surface area contributed by atoms with E-state index in [2.05, 4.69) is 20.6 Å². The largest absolute Gasteiger partial charge is 0.504 e. The molecule has 3 rings (SSSR count). The second kappa shape index (κ2) is 11.5. The molecule has 1 aromatic carbocycles. The van der Waals surface area contributed by atoms with Gasteiger partial charge in [0, 0.05) is 18.1 Å². The average Bonchev–Trinajstić information content (AvgIpc) is 2.86. The number of nitrogens with one attached hydrogen (secondary N) is 2. The van der Waals surface area contributed by atoms with Crippen molar-refractivity contribution in [3.63, 3.8) is 0 Å². The number of primary amides is 1. The van der Waals surface area contributed by atoms with E-state index in [1.165, 1.54) is 24.4 Å². The Balaban J connectivity index is 2.08. The highest BCUT2D eigenvalue weighted by atomic mass is 19.1. The first-order chi connectivity index (χ1) is 17.1. The van der Waals surface area contributed by atoms with Gasteiger partial charge in [-0.3, -0.25) is 19.4 Å². The summed E-state index contributed by atoms with van der Waals surface area (Å²) >= 11 is 0. The van der Waals surface area contributed by atoms with Crippen molar-refractivity contribution in [3.05, 3.63) is 64.9 Å². The van der Waals surface area contributed by atoms with E-state index in [0.717, 1.165) is 5.56 Å². The van der Waals surface area contributed by atoms with E-state index in [1.54, 1.807) is 19.1 Å². The first-order valence-electron chi connectivity index (χ1n) is 11.1. The number of carbonyl (C=O) groups excluding carboxylic acids is 3. The Morgan fingerprint density at radius 1 is 1.11 bits per heavy atom. The van der Waals surface area contributed by atoms with Gasteiger partial charge in [-0.05, 0) is 42.2 Å². The van der Waals surface area contributed by atoms with E-state index in [1.807, 2.05) is 0 Å². The summed E-state index contributed by atoms with van der Waals surface area (Å²) in [5, 5.41) is 34.6. The minimum absolute atomic E-state index is 0.0657. The molecule has 11 nitrogen and oxygen atoms in total. The summed E-state index contributed by atoms with van der Waals surface area (Å²) < 4.78 is 13.2. The van der Waals surface area contributed by atoms with Gasteiger partial charge in [0.25, 0.3) is 11.8 Å². The summed E-state index contributed by atoms with van der Waals surface area (Å²) in [5.74, 6) is -3.78. The van der Waals surface area contributed by atoms with Crippen LogP contribution in [-0.2, 0) is 11.2 Å². The summed E-state index contributed by atoms with van der Waals surface area (Å²) in [4.78, 5) is 45.5. The zero-order valence-corrected chi connectivity index (χ0v) is 19.4. The lowest BCUT2D eigenvalue weighted by atomic mass is 10.0.